The lowest BCUT2D eigenvalue weighted by Gasteiger charge is -2.24. The summed E-state index contributed by atoms with van der Waals surface area (Å²) in [6, 6.07) is 5.30. The fourth-order valence-electron chi connectivity index (χ4n) is 1.57. The largest absolute Gasteiger partial charge is 0.399 e. The summed E-state index contributed by atoms with van der Waals surface area (Å²) in [6.45, 7) is 7.86. The van der Waals surface area contributed by atoms with Crippen molar-refractivity contribution in [2.75, 3.05) is 12.3 Å². The van der Waals surface area contributed by atoms with Crippen LogP contribution in [0.15, 0.2) is 18.2 Å². The van der Waals surface area contributed by atoms with Crippen LogP contribution in [0.4, 0.5) is 10.1 Å². The number of hydrogen-bond donors (Lipinski definition) is 1. The van der Waals surface area contributed by atoms with Gasteiger partial charge in [0.1, 0.15) is 5.82 Å². The molecule has 0 aliphatic carbocycles. The molecule has 0 aliphatic heterocycles. The summed E-state index contributed by atoms with van der Waals surface area (Å²) in [7, 11) is 0. The first-order valence-electron chi connectivity index (χ1n) is 5.32. The molecule has 0 unspecified atom stereocenters. The Labute approximate surface area is 90.9 Å². The van der Waals surface area contributed by atoms with Crippen LogP contribution in [0.3, 0.4) is 0 Å². The monoisotopic (exact) mass is 210 g/mol. The van der Waals surface area contributed by atoms with E-state index in [1.165, 1.54) is 6.07 Å². The van der Waals surface area contributed by atoms with Gasteiger partial charge in [-0.25, -0.2) is 4.39 Å². The van der Waals surface area contributed by atoms with E-state index in [1.54, 1.807) is 12.1 Å². The number of anilines is 1. The van der Waals surface area contributed by atoms with Gasteiger partial charge in [-0.15, -0.1) is 0 Å². The third-order valence-corrected chi connectivity index (χ3v) is 2.59. The topological polar surface area (TPSA) is 29.3 Å². The highest BCUT2D eigenvalue weighted by molar-refractivity contribution is 5.40. The van der Waals surface area contributed by atoms with Crippen molar-refractivity contribution in [1.82, 2.24) is 4.90 Å². The molecule has 15 heavy (non-hydrogen) atoms. The molecule has 0 heterocycles. The quantitative estimate of drug-likeness (QED) is 0.774. The maximum Gasteiger partial charge on any atom is 0.129 e. The molecule has 1 rings (SSSR count). The van der Waals surface area contributed by atoms with E-state index in [9.17, 15) is 4.39 Å². The molecule has 0 bridgehead atoms. The van der Waals surface area contributed by atoms with Crippen LogP contribution in [0, 0.1) is 5.82 Å². The number of rotatable bonds is 4. The molecule has 0 radical (unpaired) electrons. The van der Waals surface area contributed by atoms with Gasteiger partial charge in [0.2, 0.25) is 0 Å². The minimum atomic E-state index is -0.214. The van der Waals surface area contributed by atoms with Crippen molar-refractivity contribution in [3.63, 3.8) is 0 Å². The molecular weight excluding hydrogens is 191 g/mol. The van der Waals surface area contributed by atoms with Crippen LogP contribution >= 0.6 is 0 Å². The molecular formula is C12H19FN2. The van der Waals surface area contributed by atoms with E-state index in [1.807, 2.05) is 0 Å². The average Bonchev–Trinajstić information content (AvgIpc) is 2.16. The summed E-state index contributed by atoms with van der Waals surface area (Å²) in [4.78, 5) is 2.20. The zero-order valence-corrected chi connectivity index (χ0v) is 9.63. The first-order valence-corrected chi connectivity index (χ1v) is 5.32. The van der Waals surface area contributed by atoms with Crippen molar-refractivity contribution in [3.8, 4) is 0 Å². The normalized spacial score (nSPS) is 11.3. The van der Waals surface area contributed by atoms with Gasteiger partial charge >= 0.3 is 0 Å². The Morgan fingerprint density at radius 3 is 2.53 bits per heavy atom. The highest BCUT2D eigenvalue weighted by atomic mass is 19.1. The van der Waals surface area contributed by atoms with Crippen molar-refractivity contribution in [2.45, 2.75) is 33.4 Å². The molecule has 0 amide bonds. The van der Waals surface area contributed by atoms with E-state index in [0.717, 1.165) is 6.54 Å². The minimum Gasteiger partial charge on any atom is -0.399 e. The molecule has 0 atom stereocenters. The highest BCUT2D eigenvalue weighted by Crippen LogP contribution is 2.15. The summed E-state index contributed by atoms with van der Waals surface area (Å²) >= 11 is 0. The second-order valence-corrected chi connectivity index (χ2v) is 4.01. The molecule has 84 valence electrons. The smallest absolute Gasteiger partial charge is 0.129 e. The van der Waals surface area contributed by atoms with Gasteiger partial charge in [-0.3, -0.25) is 4.90 Å². The SMILES string of the molecule is CCN(Cc1ccc(N)cc1F)C(C)C. The van der Waals surface area contributed by atoms with Crippen LogP contribution in [0.25, 0.3) is 0 Å². The number of hydrogen-bond acceptors (Lipinski definition) is 2. The minimum absolute atomic E-state index is 0.214. The predicted octanol–water partition coefficient (Wildman–Crippen LogP) is 2.64. The fourth-order valence-corrected chi connectivity index (χ4v) is 1.57. The first-order chi connectivity index (χ1) is 7.04. The molecule has 0 saturated carbocycles. The lowest BCUT2D eigenvalue weighted by atomic mass is 10.1. The van der Waals surface area contributed by atoms with Gasteiger partial charge in [-0.05, 0) is 32.5 Å². The van der Waals surface area contributed by atoms with Crippen LogP contribution in [0.5, 0.6) is 0 Å². The molecule has 0 saturated heterocycles. The third-order valence-electron chi connectivity index (χ3n) is 2.59. The van der Waals surface area contributed by atoms with E-state index < -0.39 is 0 Å². The zero-order valence-electron chi connectivity index (χ0n) is 9.63. The first kappa shape index (κ1) is 12.0. The van der Waals surface area contributed by atoms with Gasteiger partial charge in [0, 0.05) is 23.8 Å². The van der Waals surface area contributed by atoms with Crippen molar-refractivity contribution in [1.29, 1.82) is 0 Å². The molecule has 2 N–H and O–H groups in total. The van der Waals surface area contributed by atoms with Gasteiger partial charge in [0.25, 0.3) is 0 Å². The summed E-state index contributed by atoms with van der Waals surface area (Å²) in [5.74, 6) is -0.214. The number of halogens is 1. The Kier molecular flexibility index (Phi) is 4.09. The lowest BCUT2D eigenvalue weighted by molar-refractivity contribution is 0.222. The van der Waals surface area contributed by atoms with Gasteiger partial charge in [0.05, 0.1) is 0 Å². The van der Waals surface area contributed by atoms with Crippen LogP contribution in [0.1, 0.15) is 26.3 Å². The molecule has 0 aliphatic rings. The van der Waals surface area contributed by atoms with Crippen molar-refractivity contribution >= 4 is 5.69 Å². The van der Waals surface area contributed by atoms with Gasteiger partial charge in [-0.1, -0.05) is 13.0 Å². The standard InChI is InChI=1S/C12H19FN2/c1-4-15(9(2)3)8-10-5-6-11(14)7-12(10)13/h5-7,9H,4,8,14H2,1-3H3. The van der Waals surface area contributed by atoms with E-state index in [0.29, 0.717) is 23.8 Å². The molecule has 0 aromatic heterocycles. The molecule has 1 aromatic carbocycles. The van der Waals surface area contributed by atoms with Crippen molar-refractivity contribution in [2.24, 2.45) is 0 Å². The summed E-state index contributed by atoms with van der Waals surface area (Å²) < 4.78 is 13.5. The Morgan fingerprint density at radius 2 is 2.07 bits per heavy atom. The zero-order chi connectivity index (χ0) is 11.4. The molecule has 0 spiro atoms. The van der Waals surface area contributed by atoms with Gasteiger partial charge < -0.3 is 5.73 Å². The van der Waals surface area contributed by atoms with E-state index >= 15 is 0 Å². The van der Waals surface area contributed by atoms with Crippen LogP contribution in [-0.2, 0) is 6.54 Å². The van der Waals surface area contributed by atoms with E-state index in [2.05, 4.69) is 25.7 Å². The van der Waals surface area contributed by atoms with E-state index in [4.69, 9.17) is 5.73 Å². The van der Waals surface area contributed by atoms with Crippen LogP contribution < -0.4 is 5.73 Å². The Hall–Kier alpha value is -1.09. The van der Waals surface area contributed by atoms with E-state index in [-0.39, 0.29) is 5.82 Å². The number of nitrogen functional groups attached to an aromatic ring is 1. The Balaban J connectivity index is 2.79. The van der Waals surface area contributed by atoms with Crippen molar-refractivity contribution in [3.05, 3.63) is 29.6 Å². The fraction of sp³-hybridized carbons (Fsp3) is 0.500. The number of nitrogens with zero attached hydrogens (tertiary/aromatic N) is 1. The molecule has 3 heteroatoms. The van der Waals surface area contributed by atoms with Crippen LogP contribution in [0.2, 0.25) is 0 Å². The van der Waals surface area contributed by atoms with Crippen LogP contribution in [-0.4, -0.2) is 17.5 Å². The number of nitrogens with two attached hydrogens (primary N) is 1. The molecule has 1 aromatic rings. The maximum absolute atomic E-state index is 13.5. The molecule has 0 fully saturated rings. The average molecular weight is 210 g/mol. The van der Waals surface area contributed by atoms with Gasteiger partial charge in [-0.2, -0.15) is 0 Å². The lowest BCUT2D eigenvalue weighted by Crippen LogP contribution is -2.30. The summed E-state index contributed by atoms with van der Waals surface area (Å²) in [6.07, 6.45) is 0. The Morgan fingerprint density at radius 1 is 1.40 bits per heavy atom. The third kappa shape index (κ3) is 3.20. The van der Waals surface area contributed by atoms with Crippen molar-refractivity contribution < 1.29 is 4.39 Å². The second kappa shape index (κ2) is 5.12. The molecule has 2 nitrogen and oxygen atoms in total. The number of benzene rings is 1. The summed E-state index contributed by atoms with van der Waals surface area (Å²) in [5.41, 5.74) is 6.68. The maximum atomic E-state index is 13.5. The Bertz CT molecular complexity index is 323. The summed E-state index contributed by atoms with van der Waals surface area (Å²) in [5, 5.41) is 0. The highest BCUT2D eigenvalue weighted by Gasteiger charge is 2.10. The van der Waals surface area contributed by atoms with Gasteiger partial charge in [0.15, 0.2) is 0 Å². The second-order valence-electron chi connectivity index (χ2n) is 4.01. The predicted molar refractivity (Wildman–Crippen MR) is 62.0 cm³/mol.